The minimum absolute atomic E-state index is 0.211. The molecule has 1 unspecified atom stereocenters. The number of allylic oxidation sites excluding steroid dienone is 4. The Kier molecular flexibility index (Phi) is 11.1. The van der Waals surface area contributed by atoms with Crippen LogP contribution in [0.5, 0.6) is 34.5 Å². The van der Waals surface area contributed by atoms with Crippen LogP contribution in [0.1, 0.15) is 25.0 Å². The van der Waals surface area contributed by atoms with Crippen LogP contribution in [0.2, 0.25) is 0 Å². The smallest absolute Gasteiger partial charge is 0.114 e. The fraction of sp³-hybridized carbons (Fsp3) is 0.222. The minimum atomic E-state index is -0.672. The molecule has 0 fully saturated rings. The Labute approximate surface area is 265 Å². The minimum Gasteiger partial charge on any atom is -0.867 e. The van der Waals surface area contributed by atoms with Crippen LogP contribution in [0.4, 0.5) is 0 Å². The molecule has 0 N–H and O–H groups in total. The van der Waals surface area contributed by atoms with Gasteiger partial charge in [-0.05, 0) is 35.8 Å². The van der Waals surface area contributed by atoms with E-state index >= 15 is 0 Å². The third-order valence-electron chi connectivity index (χ3n) is 7.40. The monoisotopic (exact) mass is 654 g/mol. The van der Waals surface area contributed by atoms with E-state index in [4.69, 9.17) is 18.9 Å². The quantitative estimate of drug-likeness (QED) is 0.223. The van der Waals surface area contributed by atoms with Gasteiger partial charge in [-0.3, -0.25) is 0 Å². The van der Waals surface area contributed by atoms with Gasteiger partial charge in [0.05, 0.1) is 28.4 Å². The largest absolute Gasteiger partial charge is 0.867 e. The Morgan fingerprint density at radius 1 is 0.651 bits per heavy atom. The summed E-state index contributed by atoms with van der Waals surface area (Å²) < 4.78 is 22.6. The zero-order valence-electron chi connectivity index (χ0n) is 25.4. The molecule has 0 heterocycles. The maximum Gasteiger partial charge on any atom is 0.114 e. The van der Waals surface area contributed by atoms with Crippen molar-refractivity contribution < 1.29 is 52.4 Å². The van der Waals surface area contributed by atoms with Gasteiger partial charge in [-0.1, -0.05) is 12.1 Å². The molecule has 7 heteroatoms. The van der Waals surface area contributed by atoms with Crippen LogP contribution in [-0.2, 0) is 29.7 Å². The Hall–Kier alpha value is -3.96. The molecule has 2 aliphatic carbocycles. The first kappa shape index (κ1) is 32.0. The maximum atomic E-state index is 11.2. The molecule has 0 amide bonds. The van der Waals surface area contributed by atoms with Crippen molar-refractivity contribution in [1.82, 2.24) is 0 Å². The molecule has 4 aromatic rings. The molecular formula is C36H36O6Zr. The van der Waals surface area contributed by atoms with E-state index in [9.17, 15) is 10.2 Å². The fourth-order valence-corrected chi connectivity index (χ4v) is 8.66. The molecule has 220 valence electrons. The van der Waals surface area contributed by atoms with E-state index in [0.29, 0.717) is 28.9 Å². The van der Waals surface area contributed by atoms with Crippen LogP contribution in [0.15, 0.2) is 99.9 Å². The standard InChI is InChI=1S/C13H9.2C8H10O3.C7H9.Zr/c1-3-7-12-10(5-1)9-11-6-2-4-8-13(11)12;2*1-10-6-4-3-5-7(11-2)8(6)9;1-6-3-4-7(2)5-6;/h1-5,7-8H,9H2;2*3-5,9H,1-2H3;3-4,6H,1-2H3;/q;;;;+2/p-2. The number of hydrogen-bond donors (Lipinski definition) is 0. The van der Waals surface area contributed by atoms with Gasteiger partial charge >= 0.3 is 138 Å². The summed E-state index contributed by atoms with van der Waals surface area (Å²) in [7, 11) is 5.82. The van der Waals surface area contributed by atoms with E-state index in [2.05, 4.69) is 68.5 Å². The molecule has 6 rings (SSSR count). The molecule has 0 aliphatic heterocycles. The average Bonchev–Trinajstić information content (AvgIpc) is 3.57. The third-order valence-corrected chi connectivity index (χ3v) is 12.0. The molecule has 0 saturated heterocycles. The summed E-state index contributed by atoms with van der Waals surface area (Å²) in [6.07, 6.45) is 5.82. The van der Waals surface area contributed by atoms with Crippen LogP contribution in [0, 0.1) is 5.92 Å². The van der Waals surface area contributed by atoms with Crippen molar-refractivity contribution in [3.63, 3.8) is 0 Å². The molecule has 1 atom stereocenters. The molecule has 0 aromatic heterocycles. The molecule has 0 saturated carbocycles. The van der Waals surface area contributed by atoms with Crippen LogP contribution in [0.3, 0.4) is 0 Å². The number of hydrogen-bond acceptors (Lipinski definition) is 6. The van der Waals surface area contributed by atoms with Crippen molar-refractivity contribution in [2.24, 2.45) is 5.92 Å². The van der Waals surface area contributed by atoms with Gasteiger partial charge in [-0.15, -0.1) is 0 Å². The second-order valence-electron chi connectivity index (χ2n) is 10.0. The maximum absolute atomic E-state index is 11.2. The van der Waals surface area contributed by atoms with E-state index in [1.165, 1.54) is 50.7 Å². The van der Waals surface area contributed by atoms with E-state index < -0.39 is 23.2 Å². The van der Waals surface area contributed by atoms with E-state index in [0.717, 1.165) is 6.42 Å². The Morgan fingerprint density at radius 2 is 1.14 bits per heavy atom. The fourth-order valence-electron chi connectivity index (χ4n) is 5.10. The molecule has 2 aliphatic rings. The van der Waals surface area contributed by atoms with Crippen LogP contribution in [-0.4, -0.2) is 28.4 Å². The number of ether oxygens (including phenoxy) is 4. The summed E-state index contributed by atoms with van der Waals surface area (Å²) in [6.45, 7) is 4.63. The van der Waals surface area contributed by atoms with Gasteiger partial charge in [0, 0.05) is 0 Å². The predicted octanol–water partition coefficient (Wildman–Crippen LogP) is 6.00. The first-order valence-corrected chi connectivity index (χ1v) is 16.4. The van der Waals surface area contributed by atoms with Gasteiger partial charge in [0.25, 0.3) is 0 Å². The van der Waals surface area contributed by atoms with Crippen LogP contribution in [0.25, 0.3) is 11.1 Å². The second kappa shape index (κ2) is 15.0. The van der Waals surface area contributed by atoms with E-state index in [1.54, 1.807) is 48.5 Å². The van der Waals surface area contributed by atoms with Crippen molar-refractivity contribution in [3.05, 3.63) is 111 Å². The van der Waals surface area contributed by atoms with Gasteiger partial charge in [0.1, 0.15) is 23.0 Å². The number of methoxy groups -OCH3 is 4. The SMILES string of the molecule is CC1=[C]([Zr+2][c]2cccc3c2Cc2ccccc2-3)C(C)C=C1.COc1cccc(OC)c1[O-].COc1cccc(OC)c1[O-]. The van der Waals surface area contributed by atoms with Gasteiger partial charge < -0.3 is 29.2 Å². The van der Waals surface area contributed by atoms with Crippen molar-refractivity contribution in [3.8, 4) is 45.6 Å². The topological polar surface area (TPSA) is 83.0 Å². The van der Waals surface area contributed by atoms with E-state index in [1.807, 2.05) is 0 Å². The van der Waals surface area contributed by atoms with Gasteiger partial charge in [0.15, 0.2) is 0 Å². The zero-order chi connectivity index (χ0) is 30.9. The van der Waals surface area contributed by atoms with Crippen LogP contribution >= 0.6 is 0 Å². The van der Waals surface area contributed by atoms with Crippen molar-refractivity contribution >= 4 is 3.27 Å². The molecule has 0 spiro atoms. The normalized spacial score (nSPS) is 13.9. The molecular weight excluding hydrogens is 620 g/mol. The first-order valence-electron chi connectivity index (χ1n) is 13.9. The summed E-state index contributed by atoms with van der Waals surface area (Å²) in [5, 5.41) is 22.4. The summed E-state index contributed by atoms with van der Waals surface area (Å²) in [5.74, 6) is 1.48. The predicted molar refractivity (Wildman–Crippen MR) is 163 cm³/mol. The second-order valence-corrected chi connectivity index (χ2v) is 13.3. The Balaban J connectivity index is 0.000000164. The summed E-state index contributed by atoms with van der Waals surface area (Å²) >= 11 is -0.672. The molecule has 0 radical (unpaired) electrons. The zero-order valence-corrected chi connectivity index (χ0v) is 27.9. The van der Waals surface area contributed by atoms with Crippen molar-refractivity contribution in [2.45, 2.75) is 20.3 Å². The first-order chi connectivity index (χ1) is 20.8. The van der Waals surface area contributed by atoms with Crippen molar-refractivity contribution in [2.75, 3.05) is 28.4 Å². The third kappa shape index (κ3) is 7.34. The molecule has 0 bridgehead atoms. The summed E-state index contributed by atoms with van der Waals surface area (Å²) in [6, 6.07) is 25.7. The summed E-state index contributed by atoms with van der Waals surface area (Å²) in [4.78, 5) is 0. The Bertz CT molecular complexity index is 1530. The van der Waals surface area contributed by atoms with Gasteiger partial charge in [0.2, 0.25) is 0 Å². The van der Waals surface area contributed by atoms with E-state index in [-0.39, 0.29) is 11.5 Å². The summed E-state index contributed by atoms with van der Waals surface area (Å²) in [5.41, 5.74) is 7.59. The van der Waals surface area contributed by atoms with Crippen LogP contribution < -0.4 is 32.4 Å². The number of benzene rings is 4. The molecule has 4 aromatic carbocycles. The number of rotatable bonds is 6. The van der Waals surface area contributed by atoms with Gasteiger partial charge in [-0.25, -0.2) is 0 Å². The molecule has 43 heavy (non-hydrogen) atoms. The average molecular weight is 656 g/mol. The Morgan fingerprint density at radius 3 is 1.63 bits per heavy atom. The number of fused-ring (bicyclic) bond motifs is 3. The number of para-hydroxylation sites is 2. The molecule has 6 nitrogen and oxygen atoms in total. The van der Waals surface area contributed by atoms with Gasteiger partial charge in [-0.2, -0.15) is 0 Å². The van der Waals surface area contributed by atoms with Crippen molar-refractivity contribution in [1.29, 1.82) is 0 Å².